The summed E-state index contributed by atoms with van der Waals surface area (Å²) in [6.07, 6.45) is 4.35. The lowest BCUT2D eigenvalue weighted by molar-refractivity contribution is -0.231. The molecule has 1 aromatic rings. The van der Waals surface area contributed by atoms with E-state index in [-0.39, 0.29) is 12.7 Å². The summed E-state index contributed by atoms with van der Waals surface area (Å²) in [6, 6.07) is 7.67. The predicted molar refractivity (Wildman–Crippen MR) is 75.1 cm³/mol. The number of aliphatic hydroxyl groups is 2. The minimum Gasteiger partial charge on any atom is -0.394 e. The van der Waals surface area contributed by atoms with Crippen LogP contribution < -0.4 is 0 Å². The van der Waals surface area contributed by atoms with Crippen LogP contribution in [0.2, 0.25) is 5.02 Å². The molecule has 0 heterocycles. The third-order valence-electron chi connectivity index (χ3n) is 3.67. The second kappa shape index (κ2) is 6.71. The van der Waals surface area contributed by atoms with E-state index < -0.39 is 5.79 Å². The van der Waals surface area contributed by atoms with Crippen molar-refractivity contribution in [3.63, 3.8) is 0 Å². The zero-order valence-electron chi connectivity index (χ0n) is 11.0. The van der Waals surface area contributed by atoms with Crippen LogP contribution in [0, 0.1) is 0 Å². The number of aliphatic hydroxyl groups excluding tert-OH is 1. The molecule has 106 valence electrons. The van der Waals surface area contributed by atoms with E-state index in [9.17, 15) is 10.2 Å². The van der Waals surface area contributed by atoms with Crippen molar-refractivity contribution in [1.29, 1.82) is 0 Å². The zero-order chi connectivity index (χ0) is 13.7. The van der Waals surface area contributed by atoms with Gasteiger partial charge in [-0.05, 0) is 37.3 Å². The highest BCUT2D eigenvalue weighted by molar-refractivity contribution is 6.31. The second-order valence-electron chi connectivity index (χ2n) is 5.21. The molecule has 1 saturated carbocycles. The van der Waals surface area contributed by atoms with Gasteiger partial charge in [0, 0.05) is 17.9 Å². The first-order valence-corrected chi connectivity index (χ1v) is 7.25. The number of benzene rings is 1. The lowest BCUT2D eigenvalue weighted by Crippen LogP contribution is -2.35. The maximum absolute atomic E-state index is 10.2. The lowest BCUT2D eigenvalue weighted by atomic mass is 10.1. The number of rotatable bonds is 6. The molecule has 4 heteroatoms. The van der Waals surface area contributed by atoms with Crippen molar-refractivity contribution in [3.05, 3.63) is 34.9 Å². The van der Waals surface area contributed by atoms with Crippen LogP contribution in [-0.2, 0) is 11.2 Å². The van der Waals surface area contributed by atoms with Crippen molar-refractivity contribution in [2.75, 3.05) is 6.61 Å². The van der Waals surface area contributed by atoms with Gasteiger partial charge < -0.3 is 14.9 Å². The minimum absolute atomic E-state index is 0.0766. The summed E-state index contributed by atoms with van der Waals surface area (Å²) in [4.78, 5) is 0. The highest BCUT2D eigenvalue weighted by Gasteiger charge is 2.34. The Morgan fingerprint density at radius 3 is 2.58 bits per heavy atom. The van der Waals surface area contributed by atoms with Crippen LogP contribution in [0.15, 0.2) is 24.3 Å². The molecule has 0 aromatic heterocycles. The van der Waals surface area contributed by atoms with E-state index >= 15 is 0 Å². The van der Waals surface area contributed by atoms with Crippen LogP contribution in [0.5, 0.6) is 0 Å². The van der Waals surface area contributed by atoms with Crippen LogP contribution in [0.25, 0.3) is 0 Å². The number of aryl methyl sites for hydroxylation is 1. The molecule has 1 aliphatic rings. The van der Waals surface area contributed by atoms with E-state index in [4.69, 9.17) is 16.3 Å². The van der Waals surface area contributed by atoms with Gasteiger partial charge in [-0.3, -0.25) is 0 Å². The fourth-order valence-electron chi connectivity index (χ4n) is 2.56. The van der Waals surface area contributed by atoms with Crippen molar-refractivity contribution < 1.29 is 14.9 Å². The summed E-state index contributed by atoms with van der Waals surface area (Å²) < 4.78 is 5.67. The fraction of sp³-hybridized carbons (Fsp3) is 0.600. The molecule has 1 aliphatic carbocycles. The Balaban J connectivity index is 1.87. The molecule has 0 saturated heterocycles. The standard InChI is InChI=1S/C15H21ClO3/c16-14-6-2-1-5-12(14)7-8-13(11-17)19-15(18)9-3-4-10-15/h1-2,5-6,13,17-18H,3-4,7-11H2. The molecule has 1 fully saturated rings. The van der Waals surface area contributed by atoms with Gasteiger partial charge in [0.25, 0.3) is 0 Å². The molecular formula is C15H21ClO3. The SMILES string of the molecule is OCC(CCc1ccccc1Cl)OC1(O)CCCC1. The third kappa shape index (κ3) is 4.18. The van der Waals surface area contributed by atoms with Gasteiger partial charge in [-0.25, -0.2) is 0 Å². The normalized spacial score (nSPS) is 19.5. The average molecular weight is 285 g/mol. The predicted octanol–water partition coefficient (Wildman–Crippen LogP) is 2.91. The van der Waals surface area contributed by atoms with Gasteiger partial charge >= 0.3 is 0 Å². The number of hydrogen-bond acceptors (Lipinski definition) is 3. The van der Waals surface area contributed by atoms with Crippen LogP contribution >= 0.6 is 11.6 Å². The van der Waals surface area contributed by atoms with Crippen molar-refractivity contribution in [3.8, 4) is 0 Å². The van der Waals surface area contributed by atoms with E-state index in [1.54, 1.807) is 0 Å². The number of hydrogen-bond donors (Lipinski definition) is 2. The van der Waals surface area contributed by atoms with Gasteiger partial charge in [0.05, 0.1) is 12.7 Å². The van der Waals surface area contributed by atoms with Crippen LogP contribution in [0.1, 0.15) is 37.7 Å². The monoisotopic (exact) mass is 284 g/mol. The second-order valence-corrected chi connectivity index (χ2v) is 5.61. The Hall–Kier alpha value is -0.610. The van der Waals surface area contributed by atoms with E-state index in [1.165, 1.54) is 0 Å². The van der Waals surface area contributed by atoms with E-state index in [1.807, 2.05) is 24.3 Å². The molecule has 0 bridgehead atoms. The quantitative estimate of drug-likeness (QED) is 0.790. The Labute approximate surface area is 119 Å². The first kappa shape index (κ1) is 14.8. The van der Waals surface area contributed by atoms with E-state index in [2.05, 4.69) is 0 Å². The smallest absolute Gasteiger partial charge is 0.165 e. The topological polar surface area (TPSA) is 49.7 Å². The minimum atomic E-state index is -1.03. The van der Waals surface area contributed by atoms with Gasteiger partial charge in [0.2, 0.25) is 0 Å². The van der Waals surface area contributed by atoms with Gasteiger partial charge in [0.1, 0.15) is 0 Å². The van der Waals surface area contributed by atoms with Crippen LogP contribution in [0.4, 0.5) is 0 Å². The summed E-state index contributed by atoms with van der Waals surface area (Å²) in [5, 5.41) is 20.3. The Morgan fingerprint density at radius 2 is 1.95 bits per heavy atom. The molecule has 0 radical (unpaired) electrons. The Morgan fingerprint density at radius 1 is 1.26 bits per heavy atom. The van der Waals surface area contributed by atoms with Crippen molar-refractivity contribution in [2.24, 2.45) is 0 Å². The summed E-state index contributed by atoms with van der Waals surface area (Å²) >= 11 is 6.10. The Bertz CT molecular complexity index is 402. The Kier molecular flexibility index (Phi) is 5.22. The molecule has 19 heavy (non-hydrogen) atoms. The first-order valence-electron chi connectivity index (χ1n) is 6.87. The number of ether oxygens (including phenoxy) is 1. The molecule has 0 amide bonds. The maximum atomic E-state index is 10.2. The maximum Gasteiger partial charge on any atom is 0.165 e. The molecular weight excluding hydrogens is 264 g/mol. The van der Waals surface area contributed by atoms with Crippen molar-refractivity contribution in [1.82, 2.24) is 0 Å². The highest BCUT2D eigenvalue weighted by atomic mass is 35.5. The first-order chi connectivity index (χ1) is 9.13. The molecule has 2 N–H and O–H groups in total. The zero-order valence-corrected chi connectivity index (χ0v) is 11.8. The molecule has 0 spiro atoms. The molecule has 1 aromatic carbocycles. The molecule has 1 unspecified atom stereocenters. The van der Waals surface area contributed by atoms with Crippen molar-refractivity contribution >= 4 is 11.6 Å². The summed E-state index contributed by atoms with van der Waals surface area (Å²) in [5.74, 6) is -1.03. The van der Waals surface area contributed by atoms with Crippen LogP contribution in [0.3, 0.4) is 0 Å². The van der Waals surface area contributed by atoms with Gasteiger partial charge in [-0.1, -0.05) is 29.8 Å². The molecule has 0 aliphatic heterocycles. The van der Waals surface area contributed by atoms with Gasteiger partial charge in [0.15, 0.2) is 5.79 Å². The van der Waals surface area contributed by atoms with Crippen molar-refractivity contribution in [2.45, 2.75) is 50.4 Å². The number of halogens is 1. The highest BCUT2D eigenvalue weighted by Crippen LogP contribution is 2.32. The molecule has 1 atom stereocenters. The summed E-state index contributed by atoms with van der Waals surface area (Å²) in [7, 11) is 0. The average Bonchev–Trinajstić information content (AvgIpc) is 2.83. The van der Waals surface area contributed by atoms with E-state index in [0.29, 0.717) is 19.3 Å². The van der Waals surface area contributed by atoms with E-state index in [0.717, 1.165) is 29.8 Å². The lowest BCUT2D eigenvalue weighted by Gasteiger charge is -2.28. The molecule has 3 nitrogen and oxygen atoms in total. The van der Waals surface area contributed by atoms with Crippen LogP contribution in [-0.4, -0.2) is 28.7 Å². The third-order valence-corrected chi connectivity index (χ3v) is 4.04. The molecule has 2 rings (SSSR count). The largest absolute Gasteiger partial charge is 0.394 e. The van der Waals surface area contributed by atoms with Gasteiger partial charge in [-0.2, -0.15) is 0 Å². The summed E-state index contributed by atoms with van der Waals surface area (Å²) in [5.41, 5.74) is 1.05. The summed E-state index contributed by atoms with van der Waals surface area (Å²) in [6.45, 7) is -0.0766. The van der Waals surface area contributed by atoms with Gasteiger partial charge in [-0.15, -0.1) is 0 Å². The fourth-order valence-corrected chi connectivity index (χ4v) is 2.79.